The normalized spacial score (nSPS) is 10.5. The van der Waals surface area contributed by atoms with Crippen molar-refractivity contribution in [1.82, 2.24) is 4.98 Å². The summed E-state index contributed by atoms with van der Waals surface area (Å²) in [6.07, 6.45) is 1.52. The van der Waals surface area contributed by atoms with Gasteiger partial charge >= 0.3 is 5.97 Å². The van der Waals surface area contributed by atoms with Crippen molar-refractivity contribution in [2.24, 2.45) is 0 Å². The zero-order chi connectivity index (χ0) is 19.4. The lowest BCUT2D eigenvalue weighted by atomic mass is 10.1. The fourth-order valence-corrected chi connectivity index (χ4v) is 2.90. The summed E-state index contributed by atoms with van der Waals surface area (Å²) in [6, 6.07) is 11.3. The van der Waals surface area contributed by atoms with Crippen LogP contribution in [0, 0.1) is 6.92 Å². The number of aryl methyl sites for hydroxylation is 1. The van der Waals surface area contributed by atoms with Crippen LogP contribution in [-0.2, 0) is 4.74 Å². The molecule has 0 bridgehead atoms. The molecule has 1 N–H and O–H groups in total. The number of carbonyl (C=O) groups is 1. The van der Waals surface area contributed by atoms with Gasteiger partial charge in [0.15, 0.2) is 0 Å². The van der Waals surface area contributed by atoms with Crippen LogP contribution in [-0.4, -0.2) is 31.8 Å². The number of methoxy groups -OCH3 is 2. The Morgan fingerprint density at radius 2 is 1.96 bits per heavy atom. The van der Waals surface area contributed by atoms with Gasteiger partial charge in [-0.05, 0) is 43.7 Å². The van der Waals surface area contributed by atoms with Crippen molar-refractivity contribution in [3.8, 4) is 11.5 Å². The van der Waals surface area contributed by atoms with Crippen LogP contribution >= 0.6 is 0 Å². The maximum absolute atomic E-state index is 12.5. The van der Waals surface area contributed by atoms with Crippen LogP contribution in [0.15, 0.2) is 42.6 Å². The van der Waals surface area contributed by atoms with Gasteiger partial charge in [0.1, 0.15) is 22.6 Å². The first-order chi connectivity index (χ1) is 13.1. The van der Waals surface area contributed by atoms with Gasteiger partial charge in [-0.1, -0.05) is 12.1 Å². The van der Waals surface area contributed by atoms with Crippen molar-refractivity contribution in [3.05, 3.63) is 53.7 Å². The summed E-state index contributed by atoms with van der Waals surface area (Å²) < 4.78 is 15.9. The first-order valence-electron chi connectivity index (χ1n) is 8.63. The van der Waals surface area contributed by atoms with Gasteiger partial charge in [-0.15, -0.1) is 0 Å². The van der Waals surface area contributed by atoms with E-state index in [0.717, 1.165) is 22.4 Å². The van der Waals surface area contributed by atoms with Gasteiger partial charge in [0, 0.05) is 17.3 Å². The monoisotopic (exact) mass is 366 g/mol. The van der Waals surface area contributed by atoms with Crippen molar-refractivity contribution in [1.29, 1.82) is 0 Å². The molecule has 0 saturated heterocycles. The quantitative estimate of drug-likeness (QED) is 0.649. The Morgan fingerprint density at radius 3 is 2.63 bits per heavy atom. The molecule has 6 nitrogen and oxygen atoms in total. The van der Waals surface area contributed by atoms with Crippen molar-refractivity contribution in [2.75, 3.05) is 26.1 Å². The van der Waals surface area contributed by atoms with Gasteiger partial charge in [0.25, 0.3) is 0 Å². The Bertz CT molecular complexity index is 985. The van der Waals surface area contributed by atoms with Gasteiger partial charge in [0.2, 0.25) is 0 Å². The average Bonchev–Trinajstić information content (AvgIpc) is 2.69. The summed E-state index contributed by atoms with van der Waals surface area (Å²) >= 11 is 0. The number of hydrogen-bond donors (Lipinski definition) is 1. The lowest BCUT2D eigenvalue weighted by molar-refractivity contribution is 0.0527. The molecule has 0 unspecified atom stereocenters. The van der Waals surface area contributed by atoms with Crippen LogP contribution in [0.2, 0.25) is 0 Å². The van der Waals surface area contributed by atoms with Gasteiger partial charge in [-0.3, -0.25) is 4.98 Å². The molecule has 0 spiro atoms. The summed E-state index contributed by atoms with van der Waals surface area (Å²) in [5, 5.41) is 4.15. The van der Waals surface area contributed by atoms with E-state index >= 15 is 0 Å². The number of hydrogen-bond acceptors (Lipinski definition) is 6. The van der Waals surface area contributed by atoms with E-state index in [2.05, 4.69) is 10.3 Å². The highest BCUT2D eigenvalue weighted by atomic mass is 16.5. The molecule has 0 atom stereocenters. The largest absolute Gasteiger partial charge is 0.497 e. The lowest BCUT2D eigenvalue weighted by Gasteiger charge is -2.17. The Morgan fingerprint density at radius 1 is 1.15 bits per heavy atom. The number of rotatable bonds is 6. The van der Waals surface area contributed by atoms with E-state index in [-0.39, 0.29) is 6.61 Å². The van der Waals surface area contributed by atoms with Crippen molar-refractivity contribution in [3.63, 3.8) is 0 Å². The van der Waals surface area contributed by atoms with E-state index < -0.39 is 5.97 Å². The number of pyridine rings is 1. The first kappa shape index (κ1) is 18.5. The summed E-state index contributed by atoms with van der Waals surface area (Å²) in [4.78, 5) is 16.9. The van der Waals surface area contributed by atoms with Crippen LogP contribution < -0.4 is 14.8 Å². The smallest absolute Gasteiger partial charge is 0.341 e. The fraction of sp³-hybridized carbons (Fsp3) is 0.238. The molecule has 0 aliphatic rings. The minimum Gasteiger partial charge on any atom is -0.497 e. The summed E-state index contributed by atoms with van der Waals surface area (Å²) in [5.41, 5.74) is 3.51. The predicted octanol–water partition coefficient (Wildman–Crippen LogP) is 4.48. The number of fused-ring (bicyclic) bond motifs is 1. The van der Waals surface area contributed by atoms with Crippen molar-refractivity contribution >= 4 is 28.2 Å². The van der Waals surface area contributed by atoms with Crippen molar-refractivity contribution < 1.29 is 19.0 Å². The number of nitrogens with zero attached hydrogens (tertiary/aromatic N) is 1. The third-order valence-electron chi connectivity index (χ3n) is 4.27. The molecule has 6 heteroatoms. The van der Waals surface area contributed by atoms with E-state index in [4.69, 9.17) is 14.2 Å². The molecule has 0 saturated carbocycles. The van der Waals surface area contributed by atoms with E-state index in [1.165, 1.54) is 6.20 Å². The van der Waals surface area contributed by atoms with Crippen LogP contribution in [0.4, 0.5) is 11.4 Å². The molecular weight excluding hydrogens is 344 g/mol. The number of para-hydroxylation sites is 1. The number of anilines is 2. The lowest BCUT2D eigenvalue weighted by Crippen LogP contribution is -2.10. The molecule has 0 aliphatic heterocycles. The fourth-order valence-electron chi connectivity index (χ4n) is 2.90. The Kier molecular flexibility index (Phi) is 5.45. The minimum absolute atomic E-state index is 0.288. The standard InChI is InChI=1S/C21H22N2O4/c1-5-27-21(24)16-12-22-20-15(7-6-8-18(20)26-4)19(16)23-17-10-9-14(25-3)11-13(17)2/h6-12H,5H2,1-4H3,(H,22,23). The highest BCUT2D eigenvalue weighted by molar-refractivity contribution is 6.07. The van der Waals surface area contributed by atoms with Crippen molar-refractivity contribution in [2.45, 2.75) is 13.8 Å². The molecule has 3 rings (SSSR count). The molecule has 3 aromatic rings. The van der Waals surface area contributed by atoms with Gasteiger partial charge in [-0.2, -0.15) is 0 Å². The van der Waals surface area contributed by atoms with Gasteiger partial charge < -0.3 is 19.5 Å². The van der Waals surface area contributed by atoms with Crippen LogP contribution in [0.25, 0.3) is 10.9 Å². The number of benzene rings is 2. The van der Waals surface area contributed by atoms with Gasteiger partial charge in [0.05, 0.1) is 26.5 Å². The Labute approximate surface area is 158 Å². The highest BCUT2D eigenvalue weighted by Gasteiger charge is 2.19. The second kappa shape index (κ2) is 7.95. The number of aromatic nitrogens is 1. The number of carbonyl (C=O) groups excluding carboxylic acids is 1. The molecule has 0 fully saturated rings. The Hall–Kier alpha value is -3.28. The second-order valence-electron chi connectivity index (χ2n) is 5.93. The minimum atomic E-state index is -0.427. The summed E-state index contributed by atoms with van der Waals surface area (Å²) in [5.74, 6) is 0.978. The Balaban J connectivity index is 2.18. The van der Waals surface area contributed by atoms with E-state index in [0.29, 0.717) is 22.5 Å². The molecule has 27 heavy (non-hydrogen) atoms. The highest BCUT2D eigenvalue weighted by Crippen LogP contribution is 2.35. The molecule has 1 heterocycles. The topological polar surface area (TPSA) is 69.7 Å². The van der Waals surface area contributed by atoms with E-state index in [9.17, 15) is 4.79 Å². The molecule has 140 valence electrons. The number of nitrogens with one attached hydrogen (secondary N) is 1. The summed E-state index contributed by atoms with van der Waals surface area (Å²) in [6.45, 7) is 4.03. The molecule has 2 aromatic carbocycles. The number of esters is 1. The first-order valence-corrected chi connectivity index (χ1v) is 8.63. The molecule has 0 radical (unpaired) electrons. The zero-order valence-electron chi connectivity index (χ0n) is 15.8. The van der Waals surface area contributed by atoms with Crippen LogP contribution in [0.5, 0.6) is 11.5 Å². The third kappa shape index (κ3) is 3.65. The second-order valence-corrected chi connectivity index (χ2v) is 5.93. The van der Waals surface area contributed by atoms with Crippen LogP contribution in [0.1, 0.15) is 22.8 Å². The SMILES string of the molecule is CCOC(=O)c1cnc2c(OC)cccc2c1Nc1ccc(OC)cc1C. The maximum atomic E-state index is 12.5. The number of ether oxygens (including phenoxy) is 3. The zero-order valence-corrected chi connectivity index (χ0v) is 15.8. The summed E-state index contributed by atoms with van der Waals surface area (Å²) in [7, 11) is 3.22. The van der Waals surface area contributed by atoms with Crippen LogP contribution in [0.3, 0.4) is 0 Å². The third-order valence-corrected chi connectivity index (χ3v) is 4.27. The van der Waals surface area contributed by atoms with Gasteiger partial charge in [-0.25, -0.2) is 4.79 Å². The molecule has 0 amide bonds. The molecular formula is C21H22N2O4. The average molecular weight is 366 g/mol. The predicted molar refractivity (Wildman–Crippen MR) is 105 cm³/mol. The van der Waals surface area contributed by atoms with E-state index in [1.54, 1.807) is 21.1 Å². The molecule has 1 aromatic heterocycles. The maximum Gasteiger partial charge on any atom is 0.341 e. The van der Waals surface area contributed by atoms with E-state index in [1.807, 2.05) is 43.3 Å². The molecule has 0 aliphatic carbocycles.